The molecule has 0 unspecified atom stereocenters. The summed E-state index contributed by atoms with van der Waals surface area (Å²) in [5, 5.41) is 5.99. The Morgan fingerprint density at radius 1 is 1.14 bits per heavy atom. The van der Waals surface area contributed by atoms with E-state index in [-0.39, 0.29) is 18.3 Å². The third-order valence-electron chi connectivity index (χ3n) is 3.20. The quantitative estimate of drug-likeness (QED) is 0.770. The number of para-hydroxylation sites is 1. The van der Waals surface area contributed by atoms with Gasteiger partial charge in [-0.1, -0.05) is 24.3 Å². The van der Waals surface area contributed by atoms with Crippen molar-refractivity contribution in [1.82, 2.24) is 5.32 Å². The van der Waals surface area contributed by atoms with E-state index >= 15 is 0 Å². The number of hydrogen-bond donors (Lipinski definition) is 2. The Bertz CT molecular complexity index is 616. The van der Waals surface area contributed by atoms with E-state index in [4.69, 9.17) is 0 Å². The first-order valence-corrected chi connectivity index (χ1v) is 8.29. The minimum Gasteiger partial charge on any atom is -0.375 e. The van der Waals surface area contributed by atoms with Crippen molar-refractivity contribution in [3.05, 3.63) is 59.9 Å². The highest BCUT2D eigenvalue weighted by Crippen LogP contribution is 2.24. The summed E-state index contributed by atoms with van der Waals surface area (Å²) in [6.07, 6.45) is 2.69. The van der Waals surface area contributed by atoms with Crippen molar-refractivity contribution in [2.24, 2.45) is 0 Å². The zero-order chi connectivity index (χ0) is 15.8. The van der Waals surface area contributed by atoms with Crippen molar-refractivity contribution in [2.45, 2.75) is 11.3 Å². The van der Waals surface area contributed by atoms with Gasteiger partial charge in [0.1, 0.15) is 5.82 Å². The van der Waals surface area contributed by atoms with E-state index in [1.807, 2.05) is 30.5 Å². The van der Waals surface area contributed by atoms with E-state index < -0.39 is 0 Å². The van der Waals surface area contributed by atoms with Gasteiger partial charge in [-0.05, 0) is 42.5 Å². The molecule has 0 spiro atoms. The van der Waals surface area contributed by atoms with Crippen molar-refractivity contribution in [2.75, 3.05) is 24.7 Å². The summed E-state index contributed by atoms with van der Waals surface area (Å²) in [5.74, 6) is -0.303. The summed E-state index contributed by atoms with van der Waals surface area (Å²) in [7, 11) is 0. The Labute approximate surface area is 134 Å². The van der Waals surface area contributed by atoms with Gasteiger partial charge in [0, 0.05) is 17.1 Å². The molecule has 0 radical (unpaired) electrons. The Morgan fingerprint density at radius 2 is 1.86 bits per heavy atom. The van der Waals surface area contributed by atoms with Crippen LogP contribution in [0.5, 0.6) is 0 Å². The van der Waals surface area contributed by atoms with Gasteiger partial charge in [0.25, 0.3) is 0 Å². The van der Waals surface area contributed by atoms with Crippen LogP contribution in [0.3, 0.4) is 0 Å². The van der Waals surface area contributed by atoms with Gasteiger partial charge < -0.3 is 10.6 Å². The lowest BCUT2D eigenvalue weighted by atomic mass is 10.1. The van der Waals surface area contributed by atoms with Gasteiger partial charge in [0.2, 0.25) is 5.91 Å². The zero-order valence-corrected chi connectivity index (χ0v) is 13.3. The number of benzene rings is 2. The molecule has 0 bridgehead atoms. The van der Waals surface area contributed by atoms with Crippen molar-refractivity contribution < 1.29 is 9.18 Å². The lowest BCUT2D eigenvalue weighted by Crippen LogP contribution is -2.31. The van der Waals surface area contributed by atoms with Crippen LogP contribution in [-0.2, 0) is 11.2 Å². The number of carbonyl (C=O) groups excluding carboxylic acids is 1. The molecule has 2 aromatic rings. The van der Waals surface area contributed by atoms with Gasteiger partial charge in [-0.3, -0.25) is 4.79 Å². The van der Waals surface area contributed by atoms with Gasteiger partial charge in [-0.15, -0.1) is 11.8 Å². The molecule has 116 valence electrons. The van der Waals surface area contributed by atoms with Crippen LogP contribution >= 0.6 is 11.8 Å². The molecule has 1 amide bonds. The number of nitrogens with one attached hydrogen (secondary N) is 2. The predicted molar refractivity (Wildman–Crippen MR) is 89.8 cm³/mol. The van der Waals surface area contributed by atoms with Crippen LogP contribution in [0.15, 0.2) is 53.4 Å². The third-order valence-corrected chi connectivity index (χ3v) is 3.99. The molecule has 0 aromatic heterocycles. The van der Waals surface area contributed by atoms with E-state index in [1.54, 1.807) is 23.9 Å². The first-order chi connectivity index (χ1) is 10.7. The van der Waals surface area contributed by atoms with Crippen LogP contribution in [0.2, 0.25) is 0 Å². The first-order valence-electron chi connectivity index (χ1n) is 7.07. The molecule has 0 saturated carbocycles. The zero-order valence-electron chi connectivity index (χ0n) is 12.4. The second-order valence-corrected chi connectivity index (χ2v) is 5.63. The summed E-state index contributed by atoms with van der Waals surface area (Å²) in [6, 6.07) is 14.2. The second kappa shape index (κ2) is 8.44. The molecule has 0 aliphatic heterocycles. The maximum Gasteiger partial charge on any atom is 0.239 e. The van der Waals surface area contributed by atoms with Crippen LogP contribution in [0.4, 0.5) is 10.1 Å². The summed E-state index contributed by atoms with van der Waals surface area (Å²) in [6.45, 7) is 0.775. The van der Waals surface area contributed by atoms with E-state index in [0.717, 1.165) is 16.1 Å². The number of hydrogen-bond acceptors (Lipinski definition) is 3. The van der Waals surface area contributed by atoms with Crippen LogP contribution < -0.4 is 10.6 Å². The summed E-state index contributed by atoms with van der Waals surface area (Å²) < 4.78 is 12.8. The highest BCUT2D eigenvalue weighted by atomic mass is 32.2. The first kappa shape index (κ1) is 16.4. The standard InChI is InChI=1S/C17H19FN2OS/c1-22-16-5-3-2-4-15(16)20-12-17(21)19-11-10-13-6-8-14(18)9-7-13/h2-9,20H,10-12H2,1H3,(H,19,21). The summed E-state index contributed by atoms with van der Waals surface area (Å²) >= 11 is 1.64. The Balaban J connectivity index is 1.73. The molecule has 0 heterocycles. The smallest absolute Gasteiger partial charge is 0.239 e. The maximum atomic E-state index is 12.8. The minimum absolute atomic E-state index is 0.0574. The molecule has 5 heteroatoms. The summed E-state index contributed by atoms with van der Waals surface area (Å²) in [4.78, 5) is 12.9. The van der Waals surface area contributed by atoms with Crippen LogP contribution in [0, 0.1) is 5.82 Å². The number of rotatable bonds is 7. The normalized spacial score (nSPS) is 10.3. The number of carbonyl (C=O) groups is 1. The average molecular weight is 318 g/mol. The fourth-order valence-corrected chi connectivity index (χ4v) is 2.60. The average Bonchev–Trinajstić information content (AvgIpc) is 2.55. The van der Waals surface area contributed by atoms with Gasteiger partial charge in [-0.25, -0.2) is 4.39 Å². The Hall–Kier alpha value is -2.01. The highest BCUT2D eigenvalue weighted by molar-refractivity contribution is 7.98. The molecule has 3 nitrogen and oxygen atoms in total. The molecule has 0 atom stereocenters. The van der Waals surface area contributed by atoms with Crippen LogP contribution in [-0.4, -0.2) is 25.3 Å². The molecular weight excluding hydrogens is 299 g/mol. The molecule has 0 aliphatic rings. The van der Waals surface area contributed by atoms with E-state index in [0.29, 0.717) is 13.0 Å². The van der Waals surface area contributed by atoms with Gasteiger partial charge in [-0.2, -0.15) is 0 Å². The fourth-order valence-electron chi connectivity index (χ4n) is 2.03. The van der Waals surface area contributed by atoms with E-state index in [9.17, 15) is 9.18 Å². The molecule has 0 aliphatic carbocycles. The molecule has 22 heavy (non-hydrogen) atoms. The van der Waals surface area contributed by atoms with Crippen molar-refractivity contribution in [3.8, 4) is 0 Å². The lowest BCUT2D eigenvalue weighted by molar-refractivity contribution is -0.119. The van der Waals surface area contributed by atoms with E-state index in [2.05, 4.69) is 10.6 Å². The summed E-state index contributed by atoms with van der Waals surface area (Å²) in [5.41, 5.74) is 1.96. The van der Waals surface area contributed by atoms with E-state index in [1.165, 1.54) is 12.1 Å². The highest BCUT2D eigenvalue weighted by Gasteiger charge is 2.04. The number of thioether (sulfide) groups is 1. The number of anilines is 1. The number of halogens is 1. The Kier molecular flexibility index (Phi) is 6.27. The minimum atomic E-state index is -0.246. The van der Waals surface area contributed by atoms with Crippen molar-refractivity contribution >= 4 is 23.4 Å². The SMILES string of the molecule is CSc1ccccc1NCC(=O)NCCc1ccc(F)cc1. The Morgan fingerprint density at radius 3 is 2.59 bits per heavy atom. The molecule has 0 fully saturated rings. The van der Waals surface area contributed by atoms with Crippen molar-refractivity contribution in [3.63, 3.8) is 0 Å². The third kappa shape index (κ3) is 5.07. The molecule has 2 aromatic carbocycles. The molecule has 2 N–H and O–H groups in total. The van der Waals surface area contributed by atoms with Gasteiger partial charge in [0.15, 0.2) is 0 Å². The molecule has 2 rings (SSSR count). The number of amides is 1. The van der Waals surface area contributed by atoms with Crippen LogP contribution in [0.25, 0.3) is 0 Å². The lowest BCUT2D eigenvalue weighted by Gasteiger charge is -2.10. The largest absolute Gasteiger partial charge is 0.375 e. The second-order valence-electron chi connectivity index (χ2n) is 4.78. The molecular formula is C17H19FN2OS. The molecule has 0 saturated heterocycles. The predicted octanol–water partition coefficient (Wildman–Crippen LogP) is 3.32. The monoisotopic (exact) mass is 318 g/mol. The fraction of sp³-hybridized carbons (Fsp3) is 0.235. The van der Waals surface area contributed by atoms with Crippen molar-refractivity contribution in [1.29, 1.82) is 0 Å². The van der Waals surface area contributed by atoms with Gasteiger partial charge >= 0.3 is 0 Å². The topological polar surface area (TPSA) is 41.1 Å². The van der Waals surface area contributed by atoms with Crippen LogP contribution in [0.1, 0.15) is 5.56 Å². The van der Waals surface area contributed by atoms with Gasteiger partial charge in [0.05, 0.1) is 6.54 Å². The maximum absolute atomic E-state index is 12.8.